The lowest BCUT2D eigenvalue weighted by atomic mass is 10.3. The van der Waals surface area contributed by atoms with Gasteiger partial charge in [0.2, 0.25) is 5.91 Å². The Hall–Kier alpha value is -1.68. The monoisotopic (exact) mass is 473 g/mol. The van der Waals surface area contributed by atoms with Crippen LogP contribution in [-0.2, 0) is 17.8 Å². The zero-order chi connectivity index (χ0) is 17.2. The Morgan fingerprint density at radius 3 is 2.60 bits per heavy atom. The van der Waals surface area contributed by atoms with Gasteiger partial charge in [0, 0.05) is 23.3 Å². The van der Waals surface area contributed by atoms with E-state index in [1.165, 1.54) is 4.88 Å². The highest BCUT2D eigenvalue weighted by Crippen LogP contribution is 2.12. The van der Waals surface area contributed by atoms with Gasteiger partial charge in [0.25, 0.3) is 0 Å². The third kappa shape index (κ3) is 7.82. The van der Waals surface area contributed by atoms with Crippen molar-refractivity contribution < 1.29 is 4.79 Å². The summed E-state index contributed by atoms with van der Waals surface area (Å²) >= 11 is 1.68. The Bertz CT molecular complexity index is 675. The van der Waals surface area contributed by atoms with Gasteiger partial charge in [0.1, 0.15) is 11.6 Å². The number of guanidine groups is 1. The summed E-state index contributed by atoms with van der Waals surface area (Å²) in [5.74, 6) is 0.454. The molecular formula is C17H24IN5OS. The van der Waals surface area contributed by atoms with E-state index in [9.17, 15) is 4.79 Å². The third-order valence-corrected chi connectivity index (χ3v) is 4.28. The van der Waals surface area contributed by atoms with Crippen LogP contribution in [0.25, 0.3) is 0 Å². The van der Waals surface area contributed by atoms with E-state index in [0.717, 1.165) is 23.7 Å². The molecule has 0 aliphatic rings. The number of hydrogen-bond donors (Lipinski definition) is 3. The molecule has 2 rings (SSSR count). The summed E-state index contributed by atoms with van der Waals surface area (Å²) < 4.78 is 0. The van der Waals surface area contributed by atoms with Crippen LogP contribution in [-0.4, -0.2) is 29.9 Å². The van der Waals surface area contributed by atoms with Crippen molar-refractivity contribution in [1.82, 2.24) is 15.6 Å². The summed E-state index contributed by atoms with van der Waals surface area (Å²) in [6.45, 7) is 5.48. The summed E-state index contributed by atoms with van der Waals surface area (Å²) in [4.78, 5) is 21.9. The molecule has 136 valence electrons. The van der Waals surface area contributed by atoms with Crippen LogP contribution in [0.4, 0.5) is 5.69 Å². The Labute approximate surface area is 169 Å². The number of aromatic nitrogens is 1. The Kier molecular flexibility index (Phi) is 10.1. The zero-order valence-electron chi connectivity index (χ0n) is 14.4. The van der Waals surface area contributed by atoms with Crippen molar-refractivity contribution >= 4 is 52.9 Å². The van der Waals surface area contributed by atoms with E-state index in [0.29, 0.717) is 12.5 Å². The van der Waals surface area contributed by atoms with Gasteiger partial charge < -0.3 is 16.0 Å². The van der Waals surface area contributed by atoms with E-state index < -0.39 is 0 Å². The van der Waals surface area contributed by atoms with Crippen molar-refractivity contribution in [3.05, 3.63) is 46.4 Å². The molecule has 1 amide bonds. The van der Waals surface area contributed by atoms with Gasteiger partial charge in [-0.1, -0.05) is 25.1 Å². The second-order valence-electron chi connectivity index (χ2n) is 5.04. The lowest BCUT2D eigenvalue weighted by Crippen LogP contribution is -2.37. The number of amides is 1. The number of para-hydroxylation sites is 1. The van der Waals surface area contributed by atoms with Crippen molar-refractivity contribution in [3.63, 3.8) is 0 Å². The molecule has 3 N–H and O–H groups in total. The molecule has 0 radical (unpaired) electrons. The molecule has 1 aromatic heterocycles. The molecule has 0 aliphatic carbocycles. The molecule has 0 bridgehead atoms. The Morgan fingerprint density at radius 1 is 1.20 bits per heavy atom. The number of nitrogens with zero attached hydrogens (tertiary/aromatic N) is 2. The van der Waals surface area contributed by atoms with Gasteiger partial charge in [-0.3, -0.25) is 4.79 Å². The Balaban J connectivity index is 0.00000312. The number of aryl methyl sites for hydroxylation is 1. The third-order valence-electron chi connectivity index (χ3n) is 3.14. The van der Waals surface area contributed by atoms with Crippen LogP contribution in [0, 0.1) is 0 Å². The van der Waals surface area contributed by atoms with Gasteiger partial charge >= 0.3 is 0 Å². The topological polar surface area (TPSA) is 78.4 Å². The van der Waals surface area contributed by atoms with Crippen molar-refractivity contribution in [1.29, 1.82) is 0 Å². The maximum Gasteiger partial charge on any atom is 0.246 e. The number of hydrogen-bond acceptors (Lipinski definition) is 4. The standard InChI is InChI=1S/C17H23N5OS.HI/c1-3-14-10-19-16(24-14)12-21-17(18-4-2)20-11-15(23)22-13-8-6-5-7-9-13;/h5-10H,3-4,11-12H2,1-2H3,(H,22,23)(H2,18,20,21);1H. The van der Waals surface area contributed by atoms with E-state index in [2.05, 4.69) is 32.9 Å². The summed E-state index contributed by atoms with van der Waals surface area (Å²) in [5, 5.41) is 10.1. The smallest absolute Gasteiger partial charge is 0.246 e. The van der Waals surface area contributed by atoms with Crippen molar-refractivity contribution in [2.45, 2.75) is 26.8 Å². The molecule has 0 saturated heterocycles. The minimum Gasteiger partial charge on any atom is -0.357 e. The molecule has 6 nitrogen and oxygen atoms in total. The predicted molar refractivity (Wildman–Crippen MR) is 115 cm³/mol. The van der Waals surface area contributed by atoms with Gasteiger partial charge in [-0.25, -0.2) is 9.98 Å². The summed E-state index contributed by atoms with van der Waals surface area (Å²) in [5.41, 5.74) is 0.769. The molecule has 0 atom stereocenters. The van der Waals surface area contributed by atoms with Gasteiger partial charge in [-0.15, -0.1) is 35.3 Å². The average Bonchev–Trinajstić information content (AvgIpc) is 3.06. The van der Waals surface area contributed by atoms with Crippen LogP contribution >= 0.6 is 35.3 Å². The SMILES string of the molecule is CCNC(=NCC(=O)Nc1ccccc1)NCc1ncc(CC)s1.I. The van der Waals surface area contributed by atoms with E-state index in [-0.39, 0.29) is 36.4 Å². The lowest BCUT2D eigenvalue weighted by Gasteiger charge is -2.10. The molecule has 8 heteroatoms. The first-order chi connectivity index (χ1) is 11.7. The highest BCUT2D eigenvalue weighted by Gasteiger charge is 2.05. The van der Waals surface area contributed by atoms with Gasteiger partial charge in [0.15, 0.2) is 5.96 Å². The molecule has 0 spiro atoms. The van der Waals surface area contributed by atoms with Crippen LogP contribution in [0.15, 0.2) is 41.5 Å². The number of thiazole rings is 1. The number of anilines is 1. The molecular weight excluding hydrogens is 449 g/mol. The predicted octanol–water partition coefficient (Wildman–Crippen LogP) is 3.02. The maximum absolute atomic E-state index is 12.0. The summed E-state index contributed by atoms with van der Waals surface area (Å²) in [7, 11) is 0. The van der Waals surface area contributed by atoms with Crippen molar-refractivity contribution in [3.8, 4) is 0 Å². The molecule has 0 fully saturated rings. The van der Waals surface area contributed by atoms with Gasteiger partial charge in [-0.2, -0.15) is 0 Å². The summed E-state index contributed by atoms with van der Waals surface area (Å²) in [6.07, 6.45) is 2.89. The first-order valence-corrected chi connectivity index (χ1v) is 8.83. The number of carbonyl (C=O) groups excluding carboxylic acids is 1. The molecule has 25 heavy (non-hydrogen) atoms. The summed E-state index contributed by atoms with van der Waals surface area (Å²) in [6, 6.07) is 9.35. The Morgan fingerprint density at radius 2 is 1.96 bits per heavy atom. The van der Waals surface area contributed by atoms with E-state index in [1.807, 2.05) is 43.5 Å². The molecule has 0 aliphatic heterocycles. The van der Waals surface area contributed by atoms with Crippen LogP contribution < -0.4 is 16.0 Å². The minimum absolute atomic E-state index is 0. The van der Waals surface area contributed by atoms with E-state index in [4.69, 9.17) is 0 Å². The fourth-order valence-corrected chi connectivity index (χ4v) is 2.77. The lowest BCUT2D eigenvalue weighted by molar-refractivity contribution is -0.114. The normalized spacial score (nSPS) is 10.7. The number of nitrogens with one attached hydrogen (secondary N) is 3. The number of benzene rings is 1. The number of aliphatic imine (C=N–C) groups is 1. The minimum atomic E-state index is -0.152. The van der Waals surface area contributed by atoms with Crippen LogP contribution in [0.1, 0.15) is 23.7 Å². The number of carbonyl (C=O) groups is 1. The van der Waals surface area contributed by atoms with Crippen LogP contribution in [0.2, 0.25) is 0 Å². The number of halogens is 1. The molecule has 0 unspecified atom stereocenters. The largest absolute Gasteiger partial charge is 0.357 e. The quantitative estimate of drug-likeness (QED) is 0.328. The van der Waals surface area contributed by atoms with E-state index in [1.54, 1.807) is 11.3 Å². The molecule has 2 aromatic rings. The second kappa shape index (κ2) is 11.8. The van der Waals surface area contributed by atoms with Crippen molar-refractivity contribution in [2.24, 2.45) is 4.99 Å². The van der Waals surface area contributed by atoms with E-state index >= 15 is 0 Å². The molecule has 1 aromatic carbocycles. The highest BCUT2D eigenvalue weighted by atomic mass is 127. The van der Waals surface area contributed by atoms with Gasteiger partial charge in [-0.05, 0) is 25.5 Å². The fourth-order valence-electron chi connectivity index (χ4n) is 1.97. The number of rotatable bonds is 7. The van der Waals surface area contributed by atoms with Gasteiger partial charge in [0.05, 0.1) is 6.54 Å². The zero-order valence-corrected chi connectivity index (χ0v) is 17.6. The molecule has 0 saturated carbocycles. The average molecular weight is 473 g/mol. The fraction of sp³-hybridized carbons (Fsp3) is 0.353. The first-order valence-electron chi connectivity index (χ1n) is 8.02. The maximum atomic E-state index is 12.0. The van der Waals surface area contributed by atoms with Crippen LogP contribution in [0.5, 0.6) is 0 Å². The second-order valence-corrected chi connectivity index (χ2v) is 6.24. The van der Waals surface area contributed by atoms with Crippen molar-refractivity contribution in [2.75, 3.05) is 18.4 Å². The molecule has 1 heterocycles. The van der Waals surface area contributed by atoms with Crippen LogP contribution in [0.3, 0.4) is 0 Å². The highest BCUT2D eigenvalue weighted by molar-refractivity contribution is 14.0. The first kappa shape index (κ1) is 21.4.